The number of amides is 1. The minimum Gasteiger partial charge on any atom is -0.481 e. The SMILES string of the molecule is O=C(NC1C=CC(C(=O)O)C1)c1cc2c(F)cccc2s1. The second-order valence-corrected chi connectivity index (χ2v) is 5.99. The summed E-state index contributed by atoms with van der Waals surface area (Å²) in [4.78, 5) is 23.4. The number of carboxylic acids is 1. The van der Waals surface area contributed by atoms with Gasteiger partial charge >= 0.3 is 5.97 Å². The van der Waals surface area contributed by atoms with Crippen LogP contribution in [-0.4, -0.2) is 23.0 Å². The highest BCUT2D eigenvalue weighted by Gasteiger charge is 2.26. The molecule has 1 aliphatic rings. The number of thiophene rings is 1. The van der Waals surface area contributed by atoms with E-state index in [9.17, 15) is 14.0 Å². The number of carbonyl (C=O) groups is 2. The molecule has 0 aliphatic heterocycles. The molecule has 4 nitrogen and oxygen atoms in total. The van der Waals surface area contributed by atoms with Crippen molar-refractivity contribution in [3.8, 4) is 0 Å². The third-order valence-corrected chi connectivity index (χ3v) is 4.55. The Bertz CT molecular complexity index is 752. The van der Waals surface area contributed by atoms with Crippen LogP contribution in [0.1, 0.15) is 16.1 Å². The summed E-state index contributed by atoms with van der Waals surface area (Å²) in [7, 11) is 0. The zero-order valence-corrected chi connectivity index (χ0v) is 11.7. The van der Waals surface area contributed by atoms with E-state index in [1.165, 1.54) is 23.5 Å². The van der Waals surface area contributed by atoms with Gasteiger partial charge in [0.1, 0.15) is 5.82 Å². The van der Waals surface area contributed by atoms with Crippen LogP contribution < -0.4 is 5.32 Å². The molecule has 6 heteroatoms. The second-order valence-electron chi connectivity index (χ2n) is 4.91. The Morgan fingerprint density at radius 2 is 2.14 bits per heavy atom. The topological polar surface area (TPSA) is 66.4 Å². The summed E-state index contributed by atoms with van der Waals surface area (Å²) in [5, 5.41) is 12.1. The summed E-state index contributed by atoms with van der Waals surface area (Å²) in [6.07, 6.45) is 3.61. The van der Waals surface area contributed by atoms with Crippen molar-refractivity contribution in [2.75, 3.05) is 0 Å². The number of hydrogen-bond donors (Lipinski definition) is 2. The number of rotatable bonds is 3. The molecule has 0 saturated carbocycles. The molecule has 1 heterocycles. The zero-order chi connectivity index (χ0) is 15.0. The van der Waals surface area contributed by atoms with Gasteiger partial charge in [-0.1, -0.05) is 18.2 Å². The van der Waals surface area contributed by atoms with Crippen molar-refractivity contribution in [2.24, 2.45) is 5.92 Å². The highest BCUT2D eigenvalue weighted by Crippen LogP contribution is 2.28. The number of carboxylic acid groups (broad SMARTS) is 1. The fraction of sp³-hybridized carbons (Fsp3) is 0.200. The van der Waals surface area contributed by atoms with Gasteiger partial charge in [0.15, 0.2) is 0 Å². The van der Waals surface area contributed by atoms with Gasteiger partial charge in [-0.3, -0.25) is 9.59 Å². The van der Waals surface area contributed by atoms with Crippen molar-refractivity contribution in [3.05, 3.63) is 47.1 Å². The van der Waals surface area contributed by atoms with Gasteiger partial charge in [-0.15, -0.1) is 11.3 Å². The van der Waals surface area contributed by atoms with E-state index < -0.39 is 11.9 Å². The molecule has 108 valence electrons. The van der Waals surface area contributed by atoms with Crippen LogP contribution >= 0.6 is 11.3 Å². The van der Waals surface area contributed by atoms with Gasteiger partial charge in [-0.2, -0.15) is 0 Å². The van der Waals surface area contributed by atoms with Crippen LogP contribution in [0.4, 0.5) is 4.39 Å². The Morgan fingerprint density at radius 1 is 1.33 bits per heavy atom. The molecule has 0 fully saturated rings. The van der Waals surface area contributed by atoms with Crippen molar-refractivity contribution >= 4 is 33.3 Å². The van der Waals surface area contributed by atoms with E-state index in [0.29, 0.717) is 21.4 Å². The van der Waals surface area contributed by atoms with Crippen LogP contribution in [0.2, 0.25) is 0 Å². The van der Waals surface area contributed by atoms with Crippen molar-refractivity contribution in [2.45, 2.75) is 12.5 Å². The second kappa shape index (κ2) is 5.29. The first-order chi connectivity index (χ1) is 10.0. The fourth-order valence-electron chi connectivity index (χ4n) is 2.37. The van der Waals surface area contributed by atoms with E-state index in [0.717, 1.165) is 0 Å². The van der Waals surface area contributed by atoms with Crippen molar-refractivity contribution in [1.82, 2.24) is 5.32 Å². The molecular weight excluding hydrogens is 293 g/mol. The number of benzene rings is 1. The minimum absolute atomic E-state index is 0.298. The van der Waals surface area contributed by atoms with Gasteiger partial charge in [-0.05, 0) is 24.6 Å². The number of fused-ring (bicyclic) bond motifs is 1. The first kappa shape index (κ1) is 13.8. The average molecular weight is 305 g/mol. The highest BCUT2D eigenvalue weighted by atomic mass is 32.1. The molecule has 2 unspecified atom stereocenters. The Kier molecular flexibility index (Phi) is 3.47. The van der Waals surface area contributed by atoms with Gasteiger partial charge in [-0.25, -0.2) is 4.39 Å². The Morgan fingerprint density at radius 3 is 2.81 bits per heavy atom. The molecule has 21 heavy (non-hydrogen) atoms. The van der Waals surface area contributed by atoms with Gasteiger partial charge in [0, 0.05) is 16.1 Å². The maximum Gasteiger partial charge on any atom is 0.310 e. The van der Waals surface area contributed by atoms with E-state index in [4.69, 9.17) is 5.11 Å². The van der Waals surface area contributed by atoms with Crippen LogP contribution in [0.3, 0.4) is 0 Å². The Labute approximate surface area is 123 Å². The molecule has 2 atom stereocenters. The maximum atomic E-state index is 13.6. The highest BCUT2D eigenvalue weighted by molar-refractivity contribution is 7.20. The lowest BCUT2D eigenvalue weighted by molar-refractivity contribution is -0.140. The quantitative estimate of drug-likeness (QED) is 0.857. The smallest absolute Gasteiger partial charge is 0.310 e. The minimum atomic E-state index is -0.896. The van der Waals surface area contributed by atoms with Crippen molar-refractivity contribution < 1.29 is 19.1 Å². The summed E-state index contributed by atoms with van der Waals surface area (Å²) in [5.74, 6) is -2.12. The molecule has 1 amide bonds. The van der Waals surface area contributed by atoms with E-state index >= 15 is 0 Å². The first-order valence-electron chi connectivity index (χ1n) is 6.44. The fourth-order valence-corrected chi connectivity index (χ4v) is 3.34. The predicted molar refractivity (Wildman–Crippen MR) is 77.9 cm³/mol. The Balaban J connectivity index is 1.75. The summed E-state index contributed by atoms with van der Waals surface area (Å²) >= 11 is 1.22. The molecule has 1 aromatic carbocycles. The summed E-state index contributed by atoms with van der Waals surface area (Å²) in [5.41, 5.74) is 0. The first-order valence-corrected chi connectivity index (χ1v) is 7.26. The van der Waals surface area contributed by atoms with Crippen molar-refractivity contribution in [1.29, 1.82) is 0 Å². The maximum absolute atomic E-state index is 13.6. The lowest BCUT2D eigenvalue weighted by atomic mass is 10.1. The van der Waals surface area contributed by atoms with Crippen LogP contribution in [-0.2, 0) is 4.79 Å². The van der Waals surface area contributed by atoms with Crippen LogP contribution in [0.5, 0.6) is 0 Å². The van der Waals surface area contributed by atoms with Gasteiger partial charge in [0.2, 0.25) is 0 Å². The summed E-state index contributed by atoms with van der Waals surface area (Å²) in [6.45, 7) is 0. The van der Waals surface area contributed by atoms with Crippen LogP contribution in [0, 0.1) is 11.7 Å². The van der Waals surface area contributed by atoms with Gasteiger partial charge < -0.3 is 10.4 Å². The molecule has 0 spiro atoms. The van der Waals surface area contributed by atoms with Crippen molar-refractivity contribution in [3.63, 3.8) is 0 Å². The number of halogens is 1. The molecule has 2 aromatic rings. The van der Waals surface area contributed by atoms with Gasteiger partial charge in [0.05, 0.1) is 10.8 Å². The normalized spacial score (nSPS) is 20.8. The standard InChI is InChI=1S/C15H12FNO3S/c16-11-2-1-3-12-10(11)7-13(21-12)14(18)17-9-5-4-8(6-9)15(19)20/h1-5,7-9H,6H2,(H,17,18)(H,19,20). The monoisotopic (exact) mass is 305 g/mol. The number of carbonyl (C=O) groups excluding carboxylic acids is 1. The Hall–Kier alpha value is -2.21. The number of aliphatic carboxylic acids is 1. The van der Waals surface area contributed by atoms with Crippen LogP contribution in [0.25, 0.3) is 10.1 Å². The molecule has 2 N–H and O–H groups in total. The number of nitrogens with one attached hydrogen (secondary N) is 1. The van der Waals surface area contributed by atoms with E-state index in [-0.39, 0.29) is 17.8 Å². The van der Waals surface area contributed by atoms with E-state index in [1.807, 2.05) is 0 Å². The molecule has 3 rings (SSSR count). The number of hydrogen-bond acceptors (Lipinski definition) is 3. The zero-order valence-electron chi connectivity index (χ0n) is 10.9. The van der Waals surface area contributed by atoms with Crippen LogP contribution in [0.15, 0.2) is 36.4 Å². The molecule has 1 aliphatic carbocycles. The lowest BCUT2D eigenvalue weighted by Crippen LogP contribution is -2.32. The molecule has 0 bridgehead atoms. The third-order valence-electron chi connectivity index (χ3n) is 3.45. The summed E-state index contributed by atoms with van der Waals surface area (Å²) < 4.78 is 14.3. The van der Waals surface area contributed by atoms with E-state index in [2.05, 4.69) is 5.32 Å². The average Bonchev–Trinajstić information content (AvgIpc) is 3.05. The molecular formula is C15H12FNO3S. The largest absolute Gasteiger partial charge is 0.481 e. The van der Waals surface area contributed by atoms with Gasteiger partial charge in [0.25, 0.3) is 5.91 Å². The predicted octanol–water partition coefficient (Wildman–Crippen LogP) is 2.80. The van der Waals surface area contributed by atoms with E-state index in [1.54, 1.807) is 24.3 Å². The summed E-state index contributed by atoms with van der Waals surface area (Å²) in [6, 6.07) is 5.95. The molecule has 0 radical (unpaired) electrons. The lowest BCUT2D eigenvalue weighted by Gasteiger charge is -2.10. The third kappa shape index (κ3) is 2.67. The molecule has 0 saturated heterocycles. The molecule has 1 aromatic heterocycles.